The molecule has 9 nitrogen and oxygen atoms in total. The molecule has 25 heavy (non-hydrogen) atoms. The van der Waals surface area contributed by atoms with E-state index < -0.39 is 0 Å². The van der Waals surface area contributed by atoms with Crippen LogP contribution in [0.2, 0.25) is 0 Å². The van der Waals surface area contributed by atoms with Gasteiger partial charge in [-0.3, -0.25) is 4.90 Å². The highest BCUT2D eigenvalue weighted by Gasteiger charge is 2.32. The molecule has 0 N–H and O–H groups in total. The quantitative estimate of drug-likeness (QED) is 0.643. The summed E-state index contributed by atoms with van der Waals surface area (Å²) >= 11 is 0. The summed E-state index contributed by atoms with van der Waals surface area (Å²) in [7, 11) is 2.16. The molecule has 2 aliphatic rings. The Balaban J connectivity index is 1.22. The molecule has 0 radical (unpaired) electrons. The minimum absolute atomic E-state index is 0.539. The lowest BCUT2D eigenvalue weighted by atomic mass is 10.1. The third-order valence-electron chi connectivity index (χ3n) is 5.14. The van der Waals surface area contributed by atoms with Gasteiger partial charge in [0.05, 0.1) is 18.9 Å². The maximum absolute atomic E-state index is 4.77. The average Bonchev–Trinajstić information content (AvgIpc) is 3.13. The maximum atomic E-state index is 4.77. The molecule has 4 heterocycles. The van der Waals surface area contributed by atoms with Crippen LogP contribution in [0.3, 0.4) is 0 Å². The van der Waals surface area contributed by atoms with Gasteiger partial charge in [-0.25, -0.2) is 0 Å². The fourth-order valence-electron chi connectivity index (χ4n) is 3.27. The highest BCUT2D eigenvalue weighted by atomic mass is 15.5. The fourth-order valence-corrected chi connectivity index (χ4v) is 3.27. The van der Waals surface area contributed by atoms with Gasteiger partial charge in [0.1, 0.15) is 5.82 Å². The Kier molecular flexibility index (Phi) is 3.40. The predicted octanol–water partition coefficient (Wildman–Crippen LogP) is 0.414. The van der Waals surface area contributed by atoms with Crippen molar-refractivity contribution in [2.24, 2.45) is 0 Å². The van der Waals surface area contributed by atoms with Crippen molar-refractivity contribution in [1.82, 2.24) is 39.7 Å². The summed E-state index contributed by atoms with van der Waals surface area (Å²) in [5.74, 6) is 2.56. The second-order valence-electron chi connectivity index (χ2n) is 6.96. The summed E-state index contributed by atoms with van der Waals surface area (Å²) in [5, 5.41) is 21.6. The first kappa shape index (κ1) is 14.8. The summed E-state index contributed by atoms with van der Waals surface area (Å²) in [4.78, 5) is 6.41. The number of aromatic nitrogens is 7. The molecule has 130 valence electrons. The molecule has 3 aromatic heterocycles. The van der Waals surface area contributed by atoms with Crippen molar-refractivity contribution in [3.63, 3.8) is 0 Å². The summed E-state index contributed by atoms with van der Waals surface area (Å²) < 4.78 is 1.92. The summed E-state index contributed by atoms with van der Waals surface area (Å²) in [6.45, 7) is 3.73. The van der Waals surface area contributed by atoms with Crippen LogP contribution in [0.4, 0.5) is 5.82 Å². The van der Waals surface area contributed by atoms with E-state index in [4.69, 9.17) is 5.10 Å². The van der Waals surface area contributed by atoms with E-state index in [9.17, 15) is 0 Å². The Labute approximate surface area is 145 Å². The molecular weight excluding hydrogens is 318 g/mol. The Hall–Kier alpha value is -2.55. The van der Waals surface area contributed by atoms with E-state index >= 15 is 0 Å². The number of hydrogen-bond donors (Lipinski definition) is 0. The van der Waals surface area contributed by atoms with Gasteiger partial charge in [0.25, 0.3) is 0 Å². The van der Waals surface area contributed by atoms with Crippen molar-refractivity contribution < 1.29 is 0 Å². The lowest BCUT2D eigenvalue weighted by molar-refractivity contribution is 0.192. The molecule has 1 aliphatic carbocycles. The topological polar surface area (TPSA) is 80.3 Å². The molecule has 0 aromatic carbocycles. The Bertz CT molecular complexity index is 861. The average molecular weight is 339 g/mol. The Morgan fingerprint density at radius 3 is 2.68 bits per heavy atom. The van der Waals surface area contributed by atoms with E-state index in [-0.39, 0.29) is 0 Å². The van der Waals surface area contributed by atoms with Gasteiger partial charge in [-0.15, -0.1) is 15.3 Å². The van der Waals surface area contributed by atoms with E-state index in [1.165, 1.54) is 12.8 Å². The van der Waals surface area contributed by atoms with Gasteiger partial charge in [-0.1, -0.05) is 0 Å². The first-order valence-corrected chi connectivity index (χ1v) is 8.79. The van der Waals surface area contributed by atoms with Gasteiger partial charge < -0.3 is 4.90 Å². The van der Waals surface area contributed by atoms with Gasteiger partial charge in [-0.2, -0.15) is 19.5 Å². The van der Waals surface area contributed by atoms with Crippen LogP contribution in [-0.4, -0.2) is 72.4 Å². The molecule has 0 spiro atoms. The molecule has 3 aromatic rings. The van der Waals surface area contributed by atoms with Gasteiger partial charge in [0.15, 0.2) is 11.5 Å². The number of likely N-dealkylation sites (N-methyl/N-ethyl adjacent to an activating group) is 1. The SMILES string of the molecule is CN(CCn1nccn1)C1CN(c2ccc3nnc(C4CC4)n3n2)C1. The molecule has 0 bridgehead atoms. The number of nitrogens with zero attached hydrogens (tertiary/aromatic N) is 9. The Morgan fingerprint density at radius 2 is 1.92 bits per heavy atom. The van der Waals surface area contributed by atoms with Gasteiger partial charge in [0, 0.05) is 31.6 Å². The zero-order valence-corrected chi connectivity index (χ0v) is 14.2. The fraction of sp³-hybridized carbons (Fsp3) is 0.562. The summed E-state index contributed by atoms with van der Waals surface area (Å²) in [6.07, 6.45) is 5.84. The zero-order valence-electron chi connectivity index (χ0n) is 14.2. The maximum Gasteiger partial charge on any atom is 0.178 e. The summed E-state index contributed by atoms with van der Waals surface area (Å²) in [6, 6.07) is 4.60. The second-order valence-corrected chi connectivity index (χ2v) is 6.96. The van der Waals surface area contributed by atoms with E-state index in [2.05, 4.69) is 37.2 Å². The van der Waals surface area contributed by atoms with Crippen molar-refractivity contribution in [1.29, 1.82) is 0 Å². The van der Waals surface area contributed by atoms with Crippen LogP contribution in [0.5, 0.6) is 0 Å². The van der Waals surface area contributed by atoms with E-state index in [0.717, 1.165) is 43.5 Å². The standard InChI is InChI=1S/C16H21N9/c1-22(8-9-24-17-6-7-18-24)13-10-23(11-13)15-5-4-14-19-20-16(12-2-3-12)25(14)21-15/h4-7,12-13H,2-3,8-11H2,1H3. The number of anilines is 1. The van der Waals surface area contributed by atoms with E-state index in [1.807, 2.05) is 16.6 Å². The van der Waals surface area contributed by atoms with Gasteiger partial charge in [-0.05, 0) is 32.0 Å². The lowest BCUT2D eigenvalue weighted by Gasteiger charge is -2.44. The molecule has 1 saturated carbocycles. The molecule has 2 fully saturated rings. The van der Waals surface area contributed by atoms with Crippen molar-refractivity contribution in [2.45, 2.75) is 31.3 Å². The van der Waals surface area contributed by atoms with Crippen molar-refractivity contribution in [3.8, 4) is 0 Å². The van der Waals surface area contributed by atoms with Crippen molar-refractivity contribution >= 4 is 11.5 Å². The first-order valence-electron chi connectivity index (χ1n) is 8.79. The Morgan fingerprint density at radius 1 is 1.12 bits per heavy atom. The van der Waals surface area contributed by atoms with Crippen LogP contribution in [0.25, 0.3) is 5.65 Å². The number of hydrogen-bond acceptors (Lipinski definition) is 7. The van der Waals surface area contributed by atoms with Gasteiger partial charge in [0.2, 0.25) is 0 Å². The van der Waals surface area contributed by atoms with Crippen LogP contribution in [0, 0.1) is 0 Å². The predicted molar refractivity (Wildman–Crippen MR) is 91.4 cm³/mol. The molecule has 5 rings (SSSR count). The van der Waals surface area contributed by atoms with Crippen LogP contribution < -0.4 is 4.90 Å². The molecule has 0 amide bonds. The molecule has 0 unspecified atom stereocenters. The summed E-state index contributed by atoms with van der Waals surface area (Å²) in [5.41, 5.74) is 0.839. The molecular formula is C16H21N9. The van der Waals surface area contributed by atoms with Crippen LogP contribution >= 0.6 is 0 Å². The van der Waals surface area contributed by atoms with Crippen LogP contribution in [0.1, 0.15) is 24.6 Å². The monoisotopic (exact) mass is 339 g/mol. The molecule has 0 atom stereocenters. The number of fused-ring (bicyclic) bond motifs is 1. The lowest BCUT2D eigenvalue weighted by Crippen LogP contribution is -2.59. The molecule has 1 aliphatic heterocycles. The van der Waals surface area contributed by atoms with Crippen LogP contribution in [0.15, 0.2) is 24.5 Å². The first-order chi connectivity index (χ1) is 12.3. The second kappa shape index (κ2) is 5.76. The van der Waals surface area contributed by atoms with Crippen molar-refractivity contribution in [3.05, 3.63) is 30.4 Å². The third kappa shape index (κ3) is 2.74. The highest BCUT2D eigenvalue weighted by molar-refractivity contribution is 5.48. The minimum atomic E-state index is 0.539. The zero-order chi connectivity index (χ0) is 16.8. The smallest absolute Gasteiger partial charge is 0.178 e. The normalized spacial score (nSPS) is 18.2. The van der Waals surface area contributed by atoms with Crippen molar-refractivity contribution in [2.75, 3.05) is 31.6 Å². The number of rotatable bonds is 6. The minimum Gasteiger partial charge on any atom is -0.352 e. The van der Waals surface area contributed by atoms with E-state index in [1.54, 1.807) is 17.2 Å². The highest BCUT2D eigenvalue weighted by Crippen LogP contribution is 2.38. The molecule has 9 heteroatoms. The third-order valence-corrected chi connectivity index (χ3v) is 5.14. The largest absolute Gasteiger partial charge is 0.352 e. The van der Waals surface area contributed by atoms with E-state index in [0.29, 0.717) is 12.0 Å². The molecule has 1 saturated heterocycles. The van der Waals surface area contributed by atoms with Gasteiger partial charge >= 0.3 is 0 Å². The van der Waals surface area contributed by atoms with Crippen LogP contribution in [-0.2, 0) is 6.54 Å².